The van der Waals surface area contributed by atoms with Crippen molar-refractivity contribution in [3.63, 3.8) is 0 Å². The van der Waals surface area contributed by atoms with Crippen molar-refractivity contribution in [1.82, 2.24) is 9.55 Å². The smallest absolute Gasteiger partial charge is 0.110 e. The highest BCUT2D eigenvalue weighted by Gasteiger charge is 1.98. The third-order valence-electron chi connectivity index (χ3n) is 1.62. The molecule has 0 saturated heterocycles. The van der Waals surface area contributed by atoms with Crippen LogP contribution < -0.4 is 0 Å². The van der Waals surface area contributed by atoms with Crippen LogP contribution in [0.3, 0.4) is 0 Å². The van der Waals surface area contributed by atoms with E-state index in [0.717, 1.165) is 4.47 Å². The van der Waals surface area contributed by atoms with Gasteiger partial charge in [0, 0.05) is 26.6 Å². The van der Waals surface area contributed by atoms with Crippen molar-refractivity contribution in [2.24, 2.45) is 0 Å². The van der Waals surface area contributed by atoms with Crippen LogP contribution >= 0.6 is 15.9 Å². The fourth-order valence-corrected chi connectivity index (χ4v) is 1.27. The predicted molar refractivity (Wildman–Crippen MR) is 56.0 cm³/mol. The van der Waals surface area contributed by atoms with Gasteiger partial charge in [-0.3, -0.25) is 0 Å². The highest BCUT2D eigenvalue weighted by Crippen LogP contribution is 2.14. The van der Waals surface area contributed by atoms with Crippen molar-refractivity contribution in [2.75, 3.05) is 0 Å². The van der Waals surface area contributed by atoms with E-state index in [9.17, 15) is 0 Å². The molecule has 1 aromatic heterocycles. The average Bonchev–Trinajstić information content (AvgIpc) is 2.57. The van der Waals surface area contributed by atoms with E-state index < -0.39 is 6.85 Å². The Bertz CT molecular complexity index is 573. The van der Waals surface area contributed by atoms with Crippen LogP contribution in [0, 0.1) is 6.85 Å². The largest absolute Gasteiger partial charge is 0.304 e. The summed E-state index contributed by atoms with van der Waals surface area (Å²) >= 11 is 3.28. The van der Waals surface area contributed by atoms with Crippen LogP contribution in [0.4, 0.5) is 0 Å². The molecular formula is C10H9BrN2. The first-order chi connectivity index (χ1) is 8.30. The molecule has 2 nitrogen and oxygen atoms in total. The summed E-state index contributed by atoms with van der Waals surface area (Å²) in [5, 5.41) is 0. The lowest BCUT2D eigenvalue weighted by Gasteiger charge is -2.03. The summed E-state index contributed by atoms with van der Waals surface area (Å²) in [5.41, 5.74) is 0.500. The lowest BCUT2D eigenvalue weighted by Crippen LogP contribution is -1.94. The molecule has 0 fully saturated rings. The zero-order chi connectivity index (χ0) is 13.5. The van der Waals surface area contributed by atoms with Gasteiger partial charge in [-0.15, -0.1) is 0 Å². The van der Waals surface area contributed by atoms with Crippen molar-refractivity contribution in [2.45, 2.75) is 6.85 Å². The first-order valence-electron chi connectivity index (χ1n) is 6.13. The van der Waals surface area contributed by atoms with Gasteiger partial charge in [0.05, 0.1) is 2.74 Å². The Morgan fingerprint density at radius 3 is 2.92 bits per heavy atom. The van der Waals surface area contributed by atoms with E-state index in [-0.39, 0.29) is 18.2 Å². The van der Waals surface area contributed by atoms with Crippen molar-refractivity contribution in [1.29, 1.82) is 0 Å². The Labute approximate surface area is 92.4 Å². The summed E-state index contributed by atoms with van der Waals surface area (Å²) in [4.78, 5) is 3.65. The molecule has 3 heteroatoms. The van der Waals surface area contributed by atoms with Gasteiger partial charge in [-0.05, 0) is 31.1 Å². The van der Waals surface area contributed by atoms with Crippen molar-refractivity contribution >= 4 is 15.9 Å². The zero-order valence-electron chi connectivity index (χ0n) is 11.6. The lowest BCUT2D eigenvalue weighted by atomic mass is 10.3. The average molecular weight is 242 g/mol. The predicted octanol–water partition coefficient (Wildman–Crippen LogP) is 2.94. The molecule has 0 bridgehead atoms. The molecule has 0 atom stereocenters. The van der Waals surface area contributed by atoms with Gasteiger partial charge < -0.3 is 4.57 Å². The zero-order valence-corrected chi connectivity index (χ0v) is 8.17. The summed E-state index contributed by atoms with van der Waals surface area (Å²) in [6, 6.07) is 6.81. The number of rotatable bonds is 1. The summed E-state index contributed by atoms with van der Waals surface area (Å²) in [5.74, 6) is -0.264. The molecule has 0 spiro atoms. The second-order valence-corrected chi connectivity index (χ2v) is 3.39. The molecule has 0 saturated carbocycles. The Morgan fingerprint density at radius 2 is 2.23 bits per heavy atom. The number of halogens is 1. The molecule has 1 heterocycles. The van der Waals surface area contributed by atoms with Gasteiger partial charge in [0.2, 0.25) is 0 Å². The quantitative estimate of drug-likeness (QED) is 0.751. The van der Waals surface area contributed by atoms with Gasteiger partial charge in [-0.25, -0.2) is 4.98 Å². The second-order valence-electron chi connectivity index (χ2n) is 2.47. The molecule has 0 radical (unpaired) electrons. The van der Waals surface area contributed by atoms with E-state index in [4.69, 9.17) is 6.85 Å². The van der Waals surface area contributed by atoms with Crippen LogP contribution in [0.5, 0.6) is 0 Å². The van der Waals surface area contributed by atoms with Crippen molar-refractivity contribution in [3.05, 3.63) is 46.9 Å². The molecule has 0 aliphatic rings. The monoisotopic (exact) mass is 241 g/mol. The molecule has 2 rings (SSSR count). The minimum absolute atomic E-state index is 0.233. The van der Waals surface area contributed by atoms with E-state index >= 15 is 0 Å². The molecule has 2 aromatic rings. The van der Waals surface area contributed by atoms with Gasteiger partial charge in [-0.1, -0.05) is 15.9 Å². The van der Waals surface area contributed by atoms with Gasteiger partial charge in [-0.2, -0.15) is 0 Å². The summed E-state index contributed by atoms with van der Waals surface area (Å²) in [7, 11) is 0. The van der Waals surface area contributed by atoms with E-state index in [0.29, 0.717) is 5.69 Å². The SMILES string of the molecule is [2H]c1nc(C([2H])([2H])[2H])n(-c2ccc(Br)cc2)c1[2H]. The molecule has 0 aliphatic heterocycles. The van der Waals surface area contributed by atoms with Crippen molar-refractivity contribution < 1.29 is 6.85 Å². The number of nitrogens with zero attached hydrogens (tertiary/aromatic N) is 2. The number of benzene rings is 1. The van der Waals surface area contributed by atoms with Crippen LogP contribution in [0.25, 0.3) is 5.69 Å². The maximum atomic E-state index is 7.74. The number of aromatic nitrogens is 2. The summed E-state index contributed by atoms with van der Waals surface area (Å²) < 4.78 is 39.4. The Morgan fingerprint density at radius 1 is 1.46 bits per heavy atom. The van der Waals surface area contributed by atoms with E-state index in [1.165, 1.54) is 4.57 Å². The topological polar surface area (TPSA) is 17.8 Å². The summed E-state index contributed by atoms with van der Waals surface area (Å²) in [6.45, 7) is -2.46. The van der Waals surface area contributed by atoms with Crippen LogP contribution in [-0.4, -0.2) is 9.55 Å². The Hall–Kier alpha value is -1.09. The van der Waals surface area contributed by atoms with Gasteiger partial charge >= 0.3 is 0 Å². The van der Waals surface area contributed by atoms with Crippen LogP contribution in [0.1, 0.15) is 12.7 Å². The van der Waals surface area contributed by atoms with E-state index in [2.05, 4.69) is 20.9 Å². The fraction of sp³-hybridized carbons (Fsp3) is 0.100. The number of imidazole rings is 1. The highest BCUT2D eigenvalue weighted by molar-refractivity contribution is 9.10. The molecule has 0 N–H and O–H groups in total. The van der Waals surface area contributed by atoms with Crippen LogP contribution in [0.2, 0.25) is 0 Å². The Kier molecular flexibility index (Phi) is 1.14. The van der Waals surface area contributed by atoms with Crippen LogP contribution in [0.15, 0.2) is 41.1 Å². The maximum absolute atomic E-state index is 7.74. The second kappa shape index (κ2) is 3.34. The fourth-order valence-electron chi connectivity index (χ4n) is 1.01. The molecule has 0 aliphatic carbocycles. The molecule has 0 amide bonds. The molecular weight excluding hydrogens is 228 g/mol. The van der Waals surface area contributed by atoms with E-state index in [1.807, 2.05) is 0 Å². The van der Waals surface area contributed by atoms with Crippen molar-refractivity contribution in [3.8, 4) is 5.69 Å². The molecule has 66 valence electrons. The third kappa shape index (κ3) is 1.65. The number of aryl methyl sites for hydroxylation is 1. The normalized spacial score (nSPS) is 16.8. The number of hydrogen-bond donors (Lipinski definition) is 0. The molecule has 1 aromatic carbocycles. The minimum Gasteiger partial charge on any atom is -0.304 e. The third-order valence-corrected chi connectivity index (χ3v) is 2.15. The standard InChI is InChI=1S/C10H9BrN2/c1-8-12-6-7-13(8)10-4-2-9(11)3-5-10/h2-7H,1H3/i1D3,6D,7D. The van der Waals surface area contributed by atoms with Gasteiger partial charge in [0.15, 0.2) is 0 Å². The van der Waals surface area contributed by atoms with Gasteiger partial charge in [0.25, 0.3) is 0 Å². The number of hydrogen-bond acceptors (Lipinski definition) is 1. The lowest BCUT2D eigenvalue weighted by molar-refractivity contribution is 0.974. The van der Waals surface area contributed by atoms with Gasteiger partial charge in [0.1, 0.15) is 5.82 Å². The van der Waals surface area contributed by atoms with Crippen LogP contribution in [-0.2, 0) is 0 Å². The maximum Gasteiger partial charge on any atom is 0.110 e. The first kappa shape index (κ1) is 4.42. The minimum atomic E-state index is -2.46. The van der Waals surface area contributed by atoms with E-state index in [1.54, 1.807) is 24.3 Å². The molecule has 13 heavy (non-hydrogen) atoms. The Balaban J connectivity index is 2.66. The summed E-state index contributed by atoms with van der Waals surface area (Å²) in [6.07, 6.45) is -0.576. The highest BCUT2D eigenvalue weighted by atomic mass is 79.9. The first-order valence-corrected chi connectivity index (χ1v) is 4.42. The molecule has 0 unspecified atom stereocenters.